The van der Waals surface area contributed by atoms with Gasteiger partial charge in [-0.1, -0.05) is 12.1 Å². The highest BCUT2D eigenvalue weighted by Crippen LogP contribution is 2.11. The number of benzene rings is 1. The van der Waals surface area contributed by atoms with Crippen molar-refractivity contribution in [2.24, 2.45) is 5.73 Å². The third-order valence-electron chi connectivity index (χ3n) is 2.58. The Morgan fingerprint density at radius 1 is 1.25 bits per heavy atom. The Morgan fingerprint density at radius 2 is 1.95 bits per heavy atom. The van der Waals surface area contributed by atoms with Crippen LogP contribution in [-0.4, -0.2) is 32.8 Å². The third-order valence-corrected chi connectivity index (χ3v) is 2.58. The summed E-state index contributed by atoms with van der Waals surface area (Å²) in [5.41, 5.74) is 6.39. The molecule has 114 valence electrons. The number of amides is 1. The van der Waals surface area contributed by atoms with E-state index in [2.05, 4.69) is 5.32 Å². The molecule has 0 heterocycles. The number of halogens is 1. The second kappa shape index (κ2) is 11.5. The molecule has 0 aromatic heterocycles. The van der Waals surface area contributed by atoms with Crippen molar-refractivity contribution >= 4 is 18.3 Å². The van der Waals surface area contributed by atoms with E-state index in [0.29, 0.717) is 32.7 Å². The Morgan fingerprint density at radius 3 is 2.55 bits per heavy atom. The average molecular weight is 303 g/mol. The highest BCUT2D eigenvalue weighted by molar-refractivity contribution is 5.85. The Hall–Kier alpha value is -1.30. The lowest BCUT2D eigenvalue weighted by molar-refractivity contribution is -0.121. The predicted molar refractivity (Wildman–Crippen MR) is 81.2 cm³/mol. The summed E-state index contributed by atoms with van der Waals surface area (Å²) in [6.07, 6.45) is 1.20. The molecule has 20 heavy (non-hydrogen) atoms. The quantitative estimate of drug-likeness (QED) is 0.678. The van der Waals surface area contributed by atoms with Crippen molar-refractivity contribution in [3.8, 4) is 5.75 Å². The van der Waals surface area contributed by atoms with Gasteiger partial charge in [-0.05, 0) is 30.7 Å². The predicted octanol–water partition coefficient (Wildman–Crippen LogP) is 1.49. The molecule has 1 aromatic carbocycles. The molecular formula is C14H23ClN2O3. The van der Waals surface area contributed by atoms with Gasteiger partial charge in [0.05, 0.1) is 6.61 Å². The molecule has 0 aliphatic carbocycles. The largest absolute Gasteiger partial charge is 0.491 e. The van der Waals surface area contributed by atoms with Crippen molar-refractivity contribution in [1.82, 2.24) is 5.32 Å². The van der Waals surface area contributed by atoms with Gasteiger partial charge in [-0.2, -0.15) is 0 Å². The minimum Gasteiger partial charge on any atom is -0.491 e. The summed E-state index contributed by atoms with van der Waals surface area (Å²) in [5.74, 6) is 0.834. The fraction of sp³-hybridized carbons (Fsp3) is 0.500. The van der Waals surface area contributed by atoms with Crippen LogP contribution < -0.4 is 15.8 Å². The average Bonchev–Trinajstić information content (AvgIpc) is 2.44. The number of rotatable bonds is 9. The van der Waals surface area contributed by atoms with Crippen LogP contribution in [0.1, 0.15) is 18.4 Å². The summed E-state index contributed by atoms with van der Waals surface area (Å²) in [6, 6.07) is 7.64. The molecule has 0 atom stereocenters. The van der Waals surface area contributed by atoms with Gasteiger partial charge in [0.15, 0.2) is 0 Å². The first-order chi connectivity index (χ1) is 9.26. The standard InChI is InChI=1S/C14H22N2O3.ClH/c1-18-9-10-19-13-6-4-12(5-7-13)11-16-14(17)3-2-8-15;/h4-7H,2-3,8-11,15H2,1H3,(H,16,17);1H. The van der Waals surface area contributed by atoms with Crippen LogP contribution in [0.2, 0.25) is 0 Å². The summed E-state index contributed by atoms with van der Waals surface area (Å²) in [5, 5.41) is 2.85. The van der Waals surface area contributed by atoms with Crippen LogP contribution in [0, 0.1) is 0 Å². The smallest absolute Gasteiger partial charge is 0.220 e. The lowest BCUT2D eigenvalue weighted by Gasteiger charge is -2.07. The molecule has 6 heteroatoms. The molecule has 0 fully saturated rings. The summed E-state index contributed by atoms with van der Waals surface area (Å²) in [6.45, 7) is 2.17. The molecule has 0 unspecified atom stereocenters. The molecule has 5 nitrogen and oxygen atoms in total. The molecule has 0 aliphatic rings. The lowest BCUT2D eigenvalue weighted by atomic mass is 10.2. The zero-order valence-corrected chi connectivity index (χ0v) is 12.6. The highest BCUT2D eigenvalue weighted by Gasteiger charge is 2.01. The van der Waals surface area contributed by atoms with Crippen molar-refractivity contribution in [3.05, 3.63) is 29.8 Å². The fourth-order valence-corrected chi connectivity index (χ4v) is 1.50. The van der Waals surface area contributed by atoms with Crippen LogP contribution in [0.25, 0.3) is 0 Å². The Labute approximate surface area is 126 Å². The van der Waals surface area contributed by atoms with Gasteiger partial charge in [0.1, 0.15) is 12.4 Å². The van der Waals surface area contributed by atoms with E-state index < -0.39 is 0 Å². The van der Waals surface area contributed by atoms with E-state index >= 15 is 0 Å². The number of hydrogen-bond acceptors (Lipinski definition) is 4. The van der Waals surface area contributed by atoms with E-state index in [-0.39, 0.29) is 18.3 Å². The number of nitrogens with one attached hydrogen (secondary N) is 1. The summed E-state index contributed by atoms with van der Waals surface area (Å²) < 4.78 is 10.4. The maximum absolute atomic E-state index is 11.4. The molecule has 0 saturated heterocycles. The third kappa shape index (κ3) is 7.99. The van der Waals surface area contributed by atoms with Crippen molar-refractivity contribution in [2.75, 3.05) is 26.9 Å². The van der Waals surface area contributed by atoms with E-state index in [9.17, 15) is 4.79 Å². The first kappa shape index (κ1) is 18.7. The molecule has 0 bridgehead atoms. The molecular weight excluding hydrogens is 280 g/mol. The molecule has 0 saturated carbocycles. The Kier molecular flexibility index (Phi) is 10.8. The summed E-state index contributed by atoms with van der Waals surface area (Å²) >= 11 is 0. The molecule has 3 N–H and O–H groups in total. The number of hydrogen-bond donors (Lipinski definition) is 2. The molecule has 0 radical (unpaired) electrons. The van der Waals surface area contributed by atoms with E-state index in [0.717, 1.165) is 17.7 Å². The SMILES string of the molecule is COCCOc1ccc(CNC(=O)CCCN)cc1.Cl. The molecule has 0 spiro atoms. The minimum absolute atomic E-state index is 0. The molecule has 1 amide bonds. The van der Waals surface area contributed by atoms with E-state index in [1.165, 1.54) is 0 Å². The molecule has 1 aromatic rings. The number of ether oxygens (including phenoxy) is 2. The molecule has 0 aliphatic heterocycles. The van der Waals surface area contributed by atoms with Crippen molar-refractivity contribution in [1.29, 1.82) is 0 Å². The summed E-state index contributed by atoms with van der Waals surface area (Å²) in [7, 11) is 1.64. The first-order valence-electron chi connectivity index (χ1n) is 6.43. The normalized spacial score (nSPS) is 9.70. The fourth-order valence-electron chi connectivity index (χ4n) is 1.50. The second-order valence-corrected chi connectivity index (χ2v) is 4.15. The van der Waals surface area contributed by atoms with E-state index in [4.69, 9.17) is 15.2 Å². The monoisotopic (exact) mass is 302 g/mol. The van der Waals surface area contributed by atoms with Gasteiger partial charge in [0, 0.05) is 20.1 Å². The van der Waals surface area contributed by atoms with Crippen LogP contribution in [0.15, 0.2) is 24.3 Å². The molecule has 1 rings (SSSR count). The van der Waals surface area contributed by atoms with Crippen LogP contribution in [0.5, 0.6) is 5.75 Å². The van der Waals surface area contributed by atoms with Gasteiger partial charge in [-0.3, -0.25) is 4.79 Å². The Balaban J connectivity index is 0.00000361. The van der Waals surface area contributed by atoms with Crippen molar-refractivity contribution in [3.63, 3.8) is 0 Å². The van der Waals surface area contributed by atoms with Crippen LogP contribution in [0.3, 0.4) is 0 Å². The number of carbonyl (C=O) groups is 1. The summed E-state index contributed by atoms with van der Waals surface area (Å²) in [4.78, 5) is 11.4. The van der Waals surface area contributed by atoms with Crippen LogP contribution in [0.4, 0.5) is 0 Å². The van der Waals surface area contributed by atoms with E-state index in [1.54, 1.807) is 7.11 Å². The number of nitrogens with two attached hydrogens (primary N) is 1. The van der Waals surface area contributed by atoms with Gasteiger partial charge in [0.2, 0.25) is 5.91 Å². The maximum atomic E-state index is 11.4. The van der Waals surface area contributed by atoms with Gasteiger partial charge in [-0.25, -0.2) is 0 Å². The van der Waals surface area contributed by atoms with Crippen molar-refractivity contribution in [2.45, 2.75) is 19.4 Å². The first-order valence-corrected chi connectivity index (χ1v) is 6.43. The lowest BCUT2D eigenvalue weighted by Crippen LogP contribution is -2.23. The van der Waals surface area contributed by atoms with Gasteiger partial charge in [-0.15, -0.1) is 12.4 Å². The van der Waals surface area contributed by atoms with Gasteiger partial charge in [0.25, 0.3) is 0 Å². The topological polar surface area (TPSA) is 73.6 Å². The Bertz CT molecular complexity index is 371. The maximum Gasteiger partial charge on any atom is 0.220 e. The van der Waals surface area contributed by atoms with Crippen molar-refractivity contribution < 1.29 is 14.3 Å². The second-order valence-electron chi connectivity index (χ2n) is 4.15. The number of carbonyl (C=O) groups excluding carboxylic acids is 1. The van der Waals surface area contributed by atoms with Crippen LogP contribution >= 0.6 is 12.4 Å². The minimum atomic E-state index is 0. The van der Waals surface area contributed by atoms with Crippen LogP contribution in [-0.2, 0) is 16.1 Å². The van der Waals surface area contributed by atoms with E-state index in [1.807, 2.05) is 24.3 Å². The highest BCUT2D eigenvalue weighted by atomic mass is 35.5. The van der Waals surface area contributed by atoms with Gasteiger partial charge >= 0.3 is 0 Å². The zero-order valence-electron chi connectivity index (χ0n) is 11.8. The van der Waals surface area contributed by atoms with Gasteiger partial charge < -0.3 is 20.5 Å². The zero-order chi connectivity index (χ0) is 13.9. The number of methoxy groups -OCH3 is 1.